The Kier molecular flexibility index (Phi) is 4.31. The average molecular weight is 302 g/mol. The van der Waals surface area contributed by atoms with Gasteiger partial charge in [0.1, 0.15) is 5.75 Å². The van der Waals surface area contributed by atoms with Gasteiger partial charge < -0.3 is 15.8 Å². The number of rotatable bonds is 3. The van der Waals surface area contributed by atoms with Crippen LogP contribution in [0.3, 0.4) is 0 Å². The predicted molar refractivity (Wildman–Crippen MR) is 81.5 cm³/mol. The van der Waals surface area contributed by atoms with Crippen molar-refractivity contribution in [3.8, 4) is 11.8 Å². The van der Waals surface area contributed by atoms with Crippen molar-refractivity contribution in [3.63, 3.8) is 0 Å². The van der Waals surface area contributed by atoms with Crippen LogP contribution in [-0.2, 0) is 0 Å². The number of nitriles is 1. The maximum Gasteiger partial charge on any atom is 0.259 e. The number of hydrogen-bond donors (Lipinski definition) is 2. The molecule has 0 saturated carbocycles. The lowest BCUT2D eigenvalue weighted by atomic mass is 10.1. The standard InChI is InChI=1S/C15H12ClN3O2/c1-21-14-5-3-10(16)7-11(14)15(20)19-13-4-2-9(8-17)6-12(13)18/h2-7H,18H2,1H3,(H,19,20). The Balaban J connectivity index is 2.30. The zero-order chi connectivity index (χ0) is 15.4. The molecule has 0 aliphatic heterocycles. The fraction of sp³-hybridized carbons (Fsp3) is 0.0667. The smallest absolute Gasteiger partial charge is 0.259 e. The van der Waals surface area contributed by atoms with Crippen molar-refractivity contribution >= 4 is 28.9 Å². The molecule has 6 heteroatoms. The molecule has 0 atom stereocenters. The quantitative estimate of drug-likeness (QED) is 0.853. The van der Waals surface area contributed by atoms with Crippen molar-refractivity contribution in [1.29, 1.82) is 5.26 Å². The van der Waals surface area contributed by atoms with E-state index in [-0.39, 0.29) is 0 Å². The molecular weight excluding hydrogens is 290 g/mol. The molecule has 0 heterocycles. The van der Waals surface area contributed by atoms with E-state index in [0.29, 0.717) is 33.3 Å². The number of nitrogens with zero attached hydrogens (tertiary/aromatic N) is 1. The largest absolute Gasteiger partial charge is 0.496 e. The van der Waals surface area contributed by atoms with Crippen LogP contribution in [-0.4, -0.2) is 13.0 Å². The van der Waals surface area contributed by atoms with Crippen LogP contribution in [0.1, 0.15) is 15.9 Å². The first-order valence-electron chi connectivity index (χ1n) is 5.99. The third-order valence-corrected chi connectivity index (χ3v) is 3.07. The molecule has 0 bridgehead atoms. The predicted octanol–water partition coefficient (Wildman–Crippen LogP) is 3.05. The molecule has 3 N–H and O–H groups in total. The van der Waals surface area contributed by atoms with Gasteiger partial charge in [0.05, 0.1) is 35.7 Å². The van der Waals surface area contributed by atoms with Crippen molar-refractivity contribution in [2.24, 2.45) is 0 Å². The molecule has 0 unspecified atom stereocenters. The number of methoxy groups -OCH3 is 1. The highest BCUT2D eigenvalue weighted by molar-refractivity contribution is 6.31. The number of anilines is 2. The molecule has 0 aliphatic rings. The third kappa shape index (κ3) is 3.25. The molecule has 0 spiro atoms. The second-order valence-electron chi connectivity index (χ2n) is 4.21. The van der Waals surface area contributed by atoms with Gasteiger partial charge >= 0.3 is 0 Å². The van der Waals surface area contributed by atoms with E-state index < -0.39 is 5.91 Å². The lowest BCUT2D eigenvalue weighted by molar-refractivity contribution is 0.102. The van der Waals surface area contributed by atoms with E-state index >= 15 is 0 Å². The van der Waals surface area contributed by atoms with Crippen molar-refractivity contribution < 1.29 is 9.53 Å². The number of nitrogens with one attached hydrogen (secondary N) is 1. The van der Waals surface area contributed by atoms with E-state index in [4.69, 9.17) is 27.3 Å². The molecule has 2 rings (SSSR count). The highest BCUT2D eigenvalue weighted by atomic mass is 35.5. The van der Waals surface area contributed by atoms with E-state index in [1.54, 1.807) is 24.3 Å². The summed E-state index contributed by atoms with van der Waals surface area (Å²) in [5, 5.41) is 11.9. The summed E-state index contributed by atoms with van der Waals surface area (Å²) in [7, 11) is 1.47. The second-order valence-corrected chi connectivity index (χ2v) is 4.65. The Hall–Kier alpha value is -2.71. The number of benzene rings is 2. The number of ether oxygens (including phenoxy) is 1. The van der Waals surface area contributed by atoms with Gasteiger partial charge in [-0.1, -0.05) is 11.6 Å². The van der Waals surface area contributed by atoms with E-state index in [1.807, 2.05) is 6.07 Å². The summed E-state index contributed by atoms with van der Waals surface area (Å²) in [6.07, 6.45) is 0. The van der Waals surface area contributed by atoms with Crippen LogP contribution >= 0.6 is 11.6 Å². The van der Waals surface area contributed by atoms with Crippen molar-refractivity contribution in [2.75, 3.05) is 18.2 Å². The van der Waals surface area contributed by atoms with Crippen LogP contribution in [0.5, 0.6) is 5.75 Å². The number of hydrogen-bond acceptors (Lipinski definition) is 4. The maximum absolute atomic E-state index is 12.3. The van der Waals surface area contributed by atoms with E-state index in [0.717, 1.165) is 0 Å². The first-order chi connectivity index (χ1) is 10.0. The second kappa shape index (κ2) is 6.16. The summed E-state index contributed by atoms with van der Waals surface area (Å²) in [6, 6.07) is 11.4. The van der Waals surface area contributed by atoms with Crippen LogP contribution < -0.4 is 15.8 Å². The normalized spacial score (nSPS) is 9.76. The first-order valence-corrected chi connectivity index (χ1v) is 6.37. The van der Waals surface area contributed by atoms with Crippen LogP contribution in [0.25, 0.3) is 0 Å². The Bertz CT molecular complexity index is 738. The van der Waals surface area contributed by atoms with Crippen LogP contribution in [0.4, 0.5) is 11.4 Å². The summed E-state index contributed by atoms with van der Waals surface area (Å²) in [4.78, 5) is 12.3. The van der Waals surface area contributed by atoms with Crippen LogP contribution in [0, 0.1) is 11.3 Å². The highest BCUT2D eigenvalue weighted by Gasteiger charge is 2.14. The van der Waals surface area contributed by atoms with E-state index in [1.165, 1.54) is 19.2 Å². The summed E-state index contributed by atoms with van der Waals surface area (Å²) < 4.78 is 5.13. The van der Waals surface area contributed by atoms with E-state index in [2.05, 4.69) is 5.32 Å². The third-order valence-electron chi connectivity index (χ3n) is 2.84. The highest BCUT2D eigenvalue weighted by Crippen LogP contribution is 2.25. The fourth-order valence-corrected chi connectivity index (χ4v) is 1.97. The zero-order valence-electron chi connectivity index (χ0n) is 11.2. The summed E-state index contributed by atoms with van der Waals surface area (Å²) in [5.41, 5.74) is 7.25. The van der Waals surface area contributed by atoms with Gasteiger partial charge in [-0.05, 0) is 36.4 Å². The zero-order valence-corrected chi connectivity index (χ0v) is 11.9. The van der Waals surface area contributed by atoms with Crippen LogP contribution in [0.15, 0.2) is 36.4 Å². The van der Waals surface area contributed by atoms with Crippen molar-refractivity contribution in [3.05, 3.63) is 52.5 Å². The number of nitrogen functional groups attached to an aromatic ring is 1. The van der Waals surface area contributed by atoms with E-state index in [9.17, 15) is 4.79 Å². The Morgan fingerprint density at radius 3 is 2.71 bits per heavy atom. The Morgan fingerprint density at radius 1 is 1.33 bits per heavy atom. The molecule has 1 amide bonds. The topological polar surface area (TPSA) is 88.1 Å². The van der Waals surface area contributed by atoms with Gasteiger partial charge in [0, 0.05) is 5.02 Å². The van der Waals surface area contributed by atoms with Gasteiger partial charge in [0.15, 0.2) is 0 Å². The summed E-state index contributed by atoms with van der Waals surface area (Å²) in [6.45, 7) is 0. The number of carbonyl (C=O) groups excluding carboxylic acids is 1. The maximum atomic E-state index is 12.3. The summed E-state index contributed by atoms with van der Waals surface area (Å²) in [5.74, 6) is 0.00914. The summed E-state index contributed by atoms with van der Waals surface area (Å²) >= 11 is 5.90. The first kappa shape index (κ1) is 14.7. The SMILES string of the molecule is COc1ccc(Cl)cc1C(=O)Nc1ccc(C#N)cc1N. The lowest BCUT2D eigenvalue weighted by Crippen LogP contribution is -2.14. The minimum absolute atomic E-state index is 0.300. The number of carbonyl (C=O) groups is 1. The van der Waals surface area contributed by atoms with Gasteiger partial charge in [0.25, 0.3) is 5.91 Å². The molecule has 0 saturated heterocycles. The fourth-order valence-electron chi connectivity index (χ4n) is 1.79. The molecule has 2 aromatic carbocycles. The minimum atomic E-state index is -0.397. The lowest BCUT2D eigenvalue weighted by Gasteiger charge is -2.11. The molecule has 106 valence electrons. The average Bonchev–Trinajstić information content (AvgIpc) is 2.49. The van der Waals surface area contributed by atoms with Gasteiger partial charge in [0.2, 0.25) is 0 Å². The Morgan fingerprint density at radius 2 is 2.10 bits per heavy atom. The van der Waals surface area contributed by atoms with Crippen LogP contribution in [0.2, 0.25) is 5.02 Å². The van der Waals surface area contributed by atoms with Gasteiger partial charge in [-0.15, -0.1) is 0 Å². The number of amides is 1. The molecular formula is C15H12ClN3O2. The molecule has 5 nitrogen and oxygen atoms in total. The number of nitrogens with two attached hydrogens (primary N) is 1. The molecule has 0 aliphatic carbocycles. The molecule has 2 aromatic rings. The van der Waals surface area contributed by atoms with Gasteiger partial charge in [-0.2, -0.15) is 5.26 Å². The van der Waals surface area contributed by atoms with Crippen molar-refractivity contribution in [2.45, 2.75) is 0 Å². The van der Waals surface area contributed by atoms with Crippen molar-refractivity contribution in [1.82, 2.24) is 0 Å². The monoisotopic (exact) mass is 301 g/mol. The van der Waals surface area contributed by atoms with Gasteiger partial charge in [-0.25, -0.2) is 0 Å². The Labute approximate surface area is 126 Å². The molecule has 0 radical (unpaired) electrons. The number of halogens is 1. The molecule has 0 fully saturated rings. The molecule has 0 aromatic heterocycles. The molecule has 21 heavy (non-hydrogen) atoms. The minimum Gasteiger partial charge on any atom is -0.496 e. The van der Waals surface area contributed by atoms with Gasteiger partial charge in [-0.3, -0.25) is 4.79 Å².